The van der Waals surface area contributed by atoms with Crippen molar-refractivity contribution in [1.29, 1.82) is 0 Å². The predicted molar refractivity (Wildman–Crippen MR) is 73.0 cm³/mol. The Balaban J connectivity index is 2.01. The number of nitrogens with one attached hydrogen (secondary N) is 1. The molecule has 2 heterocycles. The van der Waals surface area contributed by atoms with Gasteiger partial charge in [0.05, 0.1) is 24.1 Å². The molecule has 0 fully saturated rings. The number of aryl methyl sites for hydroxylation is 4. The minimum atomic E-state index is 0.733. The Hall–Kier alpha value is -1.82. The van der Waals surface area contributed by atoms with Gasteiger partial charge in [0.15, 0.2) is 0 Å². The average molecular weight is 263 g/mol. The van der Waals surface area contributed by atoms with Crippen LogP contribution in [0.4, 0.5) is 0 Å². The van der Waals surface area contributed by atoms with Crippen molar-refractivity contribution in [3.05, 3.63) is 28.7 Å². The predicted octanol–water partition coefficient (Wildman–Crippen LogP) is 1.07. The monoisotopic (exact) mass is 263 g/mol. The van der Waals surface area contributed by atoms with E-state index in [-0.39, 0.29) is 0 Å². The molecule has 0 amide bonds. The molecule has 0 aromatic carbocycles. The van der Waals surface area contributed by atoms with Gasteiger partial charge >= 0.3 is 0 Å². The minimum Gasteiger partial charge on any atom is -0.481 e. The van der Waals surface area contributed by atoms with Gasteiger partial charge in [-0.3, -0.25) is 4.68 Å². The van der Waals surface area contributed by atoms with Crippen molar-refractivity contribution in [1.82, 2.24) is 24.9 Å². The van der Waals surface area contributed by atoms with Gasteiger partial charge < -0.3 is 10.1 Å². The lowest BCUT2D eigenvalue weighted by molar-refractivity contribution is 0.368. The van der Waals surface area contributed by atoms with Crippen LogP contribution in [0.15, 0.2) is 6.20 Å². The van der Waals surface area contributed by atoms with E-state index >= 15 is 0 Å². The molecule has 6 nitrogen and oxygen atoms in total. The SMILES string of the molecule is COc1c(CNCc2cn(C)nc2C)c(C)nn1C. The van der Waals surface area contributed by atoms with Crippen LogP contribution in [-0.4, -0.2) is 26.7 Å². The van der Waals surface area contributed by atoms with E-state index in [0.29, 0.717) is 0 Å². The molecule has 0 radical (unpaired) electrons. The van der Waals surface area contributed by atoms with Gasteiger partial charge in [-0.05, 0) is 13.8 Å². The van der Waals surface area contributed by atoms with Gasteiger partial charge in [-0.25, -0.2) is 4.68 Å². The topological polar surface area (TPSA) is 56.9 Å². The summed E-state index contributed by atoms with van der Waals surface area (Å²) in [5.74, 6) is 0.813. The Morgan fingerprint density at radius 3 is 2.47 bits per heavy atom. The highest BCUT2D eigenvalue weighted by molar-refractivity contribution is 5.30. The van der Waals surface area contributed by atoms with Crippen LogP contribution in [0.5, 0.6) is 5.88 Å². The van der Waals surface area contributed by atoms with Crippen LogP contribution >= 0.6 is 0 Å². The molecule has 0 saturated heterocycles. The lowest BCUT2D eigenvalue weighted by Crippen LogP contribution is -2.14. The molecule has 0 bridgehead atoms. The first-order valence-electron chi connectivity index (χ1n) is 6.29. The Morgan fingerprint density at radius 1 is 1.16 bits per heavy atom. The Labute approximate surface area is 113 Å². The Bertz CT molecular complexity index is 570. The number of rotatable bonds is 5. The second kappa shape index (κ2) is 5.44. The van der Waals surface area contributed by atoms with Crippen molar-refractivity contribution >= 4 is 0 Å². The summed E-state index contributed by atoms with van der Waals surface area (Å²) >= 11 is 0. The first kappa shape index (κ1) is 13.6. The highest BCUT2D eigenvalue weighted by atomic mass is 16.5. The van der Waals surface area contributed by atoms with Crippen molar-refractivity contribution in [2.45, 2.75) is 26.9 Å². The standard InChI is InChI=1S/C13H21N5O/c1-9-11(8-17(3)15-9)6-14-7-12-10(2)16-18(4)13(12)19-5/h8,14H,6-7H2,1-5H3. The summed E-state index contributed by atoms with van der Waals surface area (Å²) in [5, 5.41) is 12.1. The van der Waals surface area contributed by atoms with Crippen molar-refractivity contribution in [3.63, 3.8) is 0 Å². The molecular formula is C13H21N5O. The molecule has 0 unspecified atom stereocenters. The fourth-order valence-corrected chi connectivity index (χ4v) is 2.28. The van der Waals surface area contributed by atoms with E-state index in [0.717, 1.165) is 35.9 Å². The summed E-state index contributed by atoms with van der Waals surface area (Å²) in [6.45, 7) is 5.54. The van der Waals surface area contributed by atoms with E-state index in [1.807, 2.05) is 38.8 Å². The van der Waals surface area contributed by atoms with E-state index in [4.69, 9.17) is 4.74 Å². The molecule has 0 aliphatic heterocycles. The fraction of sp³-hybridized carbons (Fsp3) is 0.538. The number of nitrogens with zero attached hydrogens (tertiary/aromatic N) is 4. The zero-order valence-corrected chi connectivity index (χ0v) is 12.2. The van der Waals surface area contributed by atoms with Crippen LogP contribution in [0, 0.1) is 13.8 Å². The first-order chi connectivity index (χ1) is 9.02. The van der Waals surface area contributed by atoms with Crippen LogP contribution in [0.2, 0.25) is 0 Å². The summed E-state index contributed by atoms with van der Waals surface area (Å²) in [7, 11) is 5.50. The first-order valence-corrected chi connectivity index (χ1v) is 6.29. The molecule has 6 heteroatoms. The normalized spacial score (nSPS) is 11.0. The molecule has 104 valence electrons. The van der Waals surface area contributed by atoms with Crippen molar-refractivity contribution in [2.75, 3.05) is 7.11 Å². The van der Waals surface area contributed by atoms with Crippen LogP contribution in [0.25, 0.3) is 0 Å². The second-order valence-electron chi connectivity index (χ2n) is 4.71. The quantitative estimate of drug-likeness (QED) is 0.876. The number of methoxy groups -OCH3 is 1. The summed E-state index contributed by atoms with van der Waals surface area (Å²) in [6, 6.07) is 0. The van der Waals surface area contributed by atoms with Gasteiger partial charge in [0.25, 0.3) is 0 Å². The summed E-state index contributed by atoms with van der Waals surface area (Å²) in [6.07, 6.45) is 2.04. The van der Waals surface area contributed by atoms with Crippen LogP contribution in [0.1, 0.15) is 22.5 Å². The molecular weight excluding hydrogens is 242 g/mol. The molecule has 0 saturated carbocycles. The molecule has 1 N–H and O–H groups in total. The van der Waals surface area contributed by atoms with Gasteiger partial charge in [-0.1, -0.05) is 0 Å². The van der Waals surface area contributed by atoms with Gasteiger partial charge in [-0.15, -0.1) is 0 Å². The van der Waals surface area contributed by atoms with Gasteiger partial charge in [0, 0.05) is 38.9 Å². The molecule has 0 spiro atoms. The van der Waals surface area contributed by atoms with E-state index in [9.17, 15) is 0 Å². The third-order valence-electron chi connectivity index (χ3n) is 3.21. The molecule has 2 rings (SSSR count). The lowest BCUT2D eigenvalue weighted by atomic mass is 10.2. The maximum atomic E-state index is 5.37. The molecule has 2 aromatic rings. The number of ether oxygens (including phenoxy) is 1. The largest absolute Gasteiger partial charge is 0.481 e. The highest BCUT2D eigenvalue weighted by Crippen LogP contribution is 2.20. The van der Waals surface area contributed by atoms with Crippen LogP contribution < -0.4 is 10.1 Å². The zero-order chi connectivity index (χ0) is 14.0. The summed E-state index contributed by atoms with van der Waals surface area (Å²) in [5.41, 5.74) is 4.37. The molecule has 0 atom stereocenters. The van der Waals surface area contributed by atoms with Crippen LogP contribution in [0.3, 0.4) is 0 Å². The smallest absolute Gasteiger partial charge is 0.216 e. The third-order valence-corrected chi connectivity index (χ3v) is 3.21. The number of hydrogen-bond acceptors (Lipinski definition) is 4. The van der Waals surface area contributed by atoms with Crippen LogP contribution in [-0.2, 0) is 27.2 Å². The Morgan fingerprint density at radius 2 is 1.89 bits per heavy atom. The van der Waals surface area contributed by atoms with E-state index < -0.39 is 0 Å². The Kier molecular flexibility index (Phi) is 3.90. The lowest BCUT2D eigenvalue weighted by Gasteiger charge is -2.06. The maximum Gasteiger partial charge on any atom is 0.216 e. The molecule has 0 aliphatic carbocycles. The molecule has 2 aromatic heterocycles. The zero-order valence-electron chi connectivity index (χ0n) is 12.2. The van der Waals surface area contributed by atoms with Crippen molar-refractivity contribution in [2.24, 2.45) is 14.1 Å². The minimum absolute atomic E-state index is 0.733. The van der Waals surface area contributed by atoms with Crippen molar-refractivity contribution < 1.29 is 4.74 Å². The second-order valence-corrected chi connectivity index (χ2v) is 4.71. The van der Waals surface area contributed by atoms with Gasteiger partial charge in [0.1, 0.15) is 0 Å². The maximum absolute atomic E-state index is 5.37. The molecule has 19 heavy (non-hydrogen) atoms. The van der Waals surface area contributed by atoms with Gasteiger partial charge in [-0.2, -0.15) is 10.2 Å². The van der Waals surface area contributed by atoms with Gasteiger partial charge in [0.2, 0.25) is 5.88 Å². The number of aromatic nitrogens is 4. The summed E-state index contributed by atoms with van der Waals surface area (Å²) < 4.78 is 8.97. The van der Waals surface area contributed by atoms with Crippen molar-refractivity contribution in [3.8, 4) is 5.88 Å². The molecule has 0 aliphatic rings. The van der Waals surface area contributed by atoms with E-state index in [1.54, 1.807) is 11.8 Å². The van der Waals surface area contributed by atoms with E-state index in [1.165, 1.54) is 5.56 Å². The third kappa shape index (κ3) is 2.78. The fourth-order valence-electron chi connectivity index (χ4n) is 2.28. The highest BCUT2D eigenvalue weighted by Gasteiger charge is 2.13. The van der Waals surface area contributed by atoms with E-state index in [2.05, 4.69) is 15.5 Å². The number of hydrogen-bond donors (Lipinski definition) is 1. The average Bonchev–Trinajstić information content (AvgIpc) is 2.79. The summed E-state index contributed by atoms with van der Waals surface area (Å²) in [4.78, 5) is 0.